The molecule has 3 aromatic rings. The number of nitrogens with zero attached hydrogens (tertiary/aromatic N) is 1. The Kier molecular flexibility index (Phi) is 9.60. The molecule has 0 radical (unpaired) electrons. The van der Waals surface area contributed by atoms with Gasteiger partial charge < -0.3 is 9.84 Å². The molecule has 10 heteroatoms. The van der Waals surface area contributed by atoms with E-state index >= 15 is 4.39 Å². The summed E-state index contributed by atoms with van der Waals surface area (Å²) in [5, 5.41) is 13.1. The zero-order chi connectivity index (χ0) is 27.1. The Balaban J connectivity index is 1.80. The van der Waals surface area contributed by atoms with Gasteiger partial charge in [0, 0.05) is 40.3 Å². The van der Waals surface area contributed by atoms with Crippen molar-refractivity contribution in [1.29, 1.82) is 0 Å². The maximum Gasteiger partial charge on any atom is 0.331 e. The van der Waals surface area contributed by atoms with Crippen LogP contribution in [-0.4, -0.2) is 29.1 Å². The minimum Gasteiger partial charge on any atom is -0.478 e. The van der Waals surface area contributed by atoms with Crippen molar-refractivity contribution in [3.63, 3.8) is 0 Å². The minimum absolute atomic E-state index is 0.113. The molecule has 2 N–H and O–H groups in total. The van der Waals surface area contributed by atoms with Gasteiger partial charge in [0.1, 0.15) is 17.5 Å². The van der Waals surface area contributed by atoms with Crippen molar-refractivity contribution in [1.82, 2.24) is 4.98 Å². The van der Waals surface area contributed by atoms with Gasteiger partial charge in [0.05, 0.1) is 11.8 Å². The van der Waals surface area contributed by atoms with Crippen molar-refractivity contribution >= 4 is 34.4 Å². The number of aromatic nitrogens is 1. The van der Waals surface area contributed by atoms with Crippen LogP contribution >= 0.6 is 11.3 Å². The number of aliphatic carboxylic acids is 1. The Morgan fingerprint density at radius 1 is 1.19 bits per heavy atom. The molecular weight excluding hydrogens is 505 g/mol. The first-order chi connectivity index (χ1) is 17.7. The third-order valence-corrected chi connectivity index (χ3v) is 6.53. The van der Waals surface area contributed by atoms with E-state index in [1.807, 2.05) is 0 Å². The summed E-state index contributed by atoms with van der Waals surface area (Å²) in [6, 6.07) is 6.58. The number of carbonyl (C=O) groups is 2. The number of ether oxygens (including phenoxy) is 1. The van der Waals surface area contributed by atoms with E-state index in [2.05, 4.69) is 17.2 Å². The predicted octanol–water partition coefficient (Wildman–Crippen LogP) is 7.24. The highest BCUT2D eigenvalue weighted by Crippen LogP contribution is 2.33. The van der Waals surface area contributed by atoms with E-state index < -0.39 is 41.0 Å². The van der Waals surface area contributed by atoms with Crippen LogP contribution < -0.4 is 5.32 Å². The number of unbranched alkanes of at least 4 members (excludes halogenated alkanes) is 2. The number of methoxy groups -OCH3 is 1. The van der Waals surface area contributed by atoms with Crippen LogP contribution in [0.1, 0.15) is 67.1 Å². The van der Waals surface area contributed by atoms with Crippen LogP contribution in [-0.2, 0) is 9.53 Å². The minimum atomic E-state index is -1.32. The van der Waals surface area contributed by atoms with Crippen LogP contribution in [0.4, 0.5) is 18.3 Å². The zero-order valence-electron chi connectivity index (χ0n) is 20.6. The fourth-order valence-corrected chi connectivity index (χ4v) is 4.44. The second kappa shape index (κ2) is 12.6. The molecule has 1 aromatic heterocycles. The first-order valence-electron chi connectivity index (χ1n) is 11.6. The Morgan fingerprint density at radius 2 is 1.89 bits per heavy atom. The molecule has 0 aliphatic heterocycles. The number of carboxylic acids is 1. The van der Waals surface area contributed by atoms with Crippen LogP contribution in [0.15, 0.2) is 41.3 Å². The Hall–Kier alpha value is -3.50. The number of hydrogen-bond donors (Lipinski definition) is 2. The van der Waals surface area contributed by atoms with Crippen molar-refractivity contribution in [3.8, 4) is 11.3 Å². The fourth-order valence-electron chi connectivity index (χ4n) is 3.73. The molecule has 0 fully saturated rings. The maximum absolute atomic E-state index is 15.4. The van der Waals surface area contributed by atoms with Gasteiger partial charge in [-0.3, -0.25) is 10.1 Å². The maximum atomic E-state index is 15.4. The summed E-state index contributed by atoms with van der Waals surface area (Å²) in [5.74, 6) is -4.78. The molecule has 0 saturated heterocycles. The van der Waals surface area contributed by atoms with Crippen molar-refractivity contribution in [2.24, 2.45) is 0 Å². The molecule has 37 heavy (non-hydrogen) atoms. The van der Waals surface area contributed by atoms with E-state index in [4.69, 9.17) is 9.84 Å². The summed E-state index contributed by atoms with van der Waals surface area (Å²) < 4.78 is 49.7. The standard InChI is InChI=1S/C27H27F3N2O4S/c1-4-5-6-10-23(36-3)18-9-7-8-17(24(18)30)22-14-37-27(31-22)32-25(33)16-12-20(28)19(21(29)13-16)11-15(2)26(34)35/h7-9,11-14,23H,4-6,10H2,1-3H3,(H,34,35)(H,31,32,33)/b15-11-. The van der Waals surface area contributed by atoms with Gasteiger partial charge in [0.2, 0.25) is 0 Å². The number of benzene rings is 2. The molecule has 2 aromatic carbocycles. The number of rotatable bonds is 11. The van der Waals surface area contributed by atoms with Gasteiger partial charge >= 0.3 is 5.97 Å². The molecule has 0 spiro atoms. The van der Waals surface area contributed by atoms with Gasteiger partial charge in [-0.2, -0.15) is 0 Å². The summed E-state index contributed by atoms with van der Waals surface area (Å²) in [6.45, 7) is 3.28. The normalized spacial score (nSPS) is 12.4. The Labute approximate surface area is 216 Å². The average Bonchev–Trinajstić information content (AvgIpc) is 3.32. The molecular formula is C27H27F3N2O4S. The summed E-state index contributed by atoms with van der Waals surface area (Å²) in [6.07, 6.45) is 4.10. The highest BCUT2D eigenvalue weighted by Gasteiger charge is 2.21. The SMILES string of the molecule is CCCCCC(OC)c1cccc(-c2csc(NC(=O)c3cc(F)c(/C=C(/C)C(=O)O)c(F)c3)n2)c1F. The summed E-state index contributed by atoms with van der Waals surface area (Å²) in [4.78, 5) is 27.8. The molecule has 1 unspecified atom stereocenters. The molecule has 0 aliphatic carbocycles. The molecule has 0 saturated carbocycles. The van der Waals surface area contributed by atoms with Gasteiger partial charge in [-0.05, 0) is 37.6 Å². The topological polar surface area (TPSA) is 88.5 Å². The lowest BCUT2D eigenvalue weighted by atomic mass is 9.99. The number of carboxylic acid groups (broad SMARTS) is 1. The van der Waals surface area contributed by atoms with E-state index in [9.17, 15) is 18.4 Å². The number of thiazole rings is 1. The van der Waals surface area contributed by atoms with E-state index in [0.29, 0.717) is 17.7 Å². The molecule has 6 nitrogen and oxygen atoms in total. The number of halogens is 3. The van der Waals surface area contributed by atoms with E-state index in [0.717, 1.165) is 48.8 Å². The van der Waals surface area contributed by atoms with Gasteiger partial charge in [0.15, 0.2) is 5.13 Å². The van der Waals surface area contributed by atoms with Crippen molar-refractivity contribution in [2.45, 2.75) is 45.6 Å². The third kappa shape index (κ3) is 6.84. The lowest BCUT2D eigenvalue weighted by Crippen LogP contribution is -2.13. The second-order valence-corrected chi connectivity index (χ2v) is 9.27. The van der Waals surface area contributed by atoms with Crippen LogP contribution in [0.2, 0.25) is 0 Å². The second-order valence-electron chi connectivity index (χ2n) is 8.41. The highest BCUT2D eigenvalue weighted by atomic mass is 32.1. The molecule has 1 atom stereocenters. The zero-order valence-corrected chi connectivity index (χ0v) is 21.4. The van der Waals surface area contributed by atoms with E-state index in [1.165, 1.54) is 6.92 Å². The van der Waals surface area contributed by atoms with Gasteiger partial charge in [0.25, 0.3) is 5.91 Å². The number of carbonyl (C=O) groups excluding carboxylic acids is 1. The summed E-state index contributed by atoms with van der Waals surface area (Å²) in [5.41, 5.74) is -0.182. The van der Waals surface area contributed by atoms with Crippen molar-refractivity contribution in [2.75, 3.05) is 12.4 Å². The van der Waals surface area contributed by atoms with Gasteiger partial charge in [-0.25, -0.2) is 22.9 Å². The largest absolute Gasteiger partial charge is 0.478 e. The number of anilines is 1. The third-order valence-electron chi connectivity index (χ3n) is 5.77. The van der Waals surface area contributed by atoms with Crippen molar-refractivity contribution < 1.29 is 32.6 Å². The van der Waals surface area contributed by atoms with E-state index in [-0.39, 0.29) is 21.8 Å². The monoisotopic (exact) mass is 532 g/mol. The molecule has 1 heterocycles. The number of hydrogen-bond acceptors (Lipinski definition) is 5. The smallest absolute Gasteiger partial charge is 0.331 e. The lowest BCUT2D eigenvalue weighted by Gasteiger charge is -2.17. The van der Waals surface area contributed by atoms with Crippen LogP contribution in [0.3, 0.4) is 0 Å². The first kappa shape index (κ1) is 28.1. The summed E-state index contributed by atoms with van der Waals surface area (Å²) in [7, 11) is 1.54. The number of amides is 1. The van der Waals surface area contributed by atoms with Crippen LogP contribution in [0.25, 0.3) is 17.3 Å². The van der Waals surface area contributed by atoms with Gasteiger partial charge in [-0.1, -0.05) is 38.3 Å². The Morgan fingerprint density at radius 3 is 2.51 bits per heavy atom. The quantitative estimate of drug-likeness (QED) is 0.201. The van der Waals surface area contributed by atoms with Gasteiger partial charge in [-0.15, -0.1) is 11.3 Å². The fraction of sp³-hybridized carbons (Fsp3) is 0.296. The van der Waals surface area contributed by atoms with Crippen LogP contribution in [0.5, 0.6) is 0 Å². The molecule has 0 bridgehead atoms. The molecule has 0 aliphatic rings. The van der Waals surface area contributed by atoms with E-state index in [1.54, 1.807) is 30.7 Å². The van der Waals surface area contributed by atoms with Crippen molar-refractivity contribution in [3.05, 3.63) is 75.4 Å². The predicted molar refractivity (Wildman–Crippen MR) is 137 cm³/mol. The molecule has 196 valence electrons. The molecule has 3 rings (SSSR count). The molecule has 1 amide bonds. The Bertz CT molecular complexity index is 1300. The van der Waals surface area contributed by atoms with Crippen LogP contribution in [0, 0.1) is 17.5 Å². The number of nitrogens with one attached hydrogen (secondary N) is 1. The lowest BCUT2D eigenvalue weighted by molar-refractivity contribution is -0.132. The highest BCUT2D eigenvalue weighted by molar-refractivity contribution is 7.14. The first-order valence-corrected chi connectivity index (χ1v) is 12.5. The average molecular weight is 533 g/mol. The summed E-state index contributed by atoms with van der Waals surface area (Å²) >= 11 is 1.03.